The quantitative estimate of drug-likeness (QED) is 0.633. The second-order valence-electron chi connectivity index (χ2n) is 8.51. The smallest absolute Gasteiger partial charge is 0.410 e. The van der Waals surface area contributed by atoms with Crippen molar-refractivity contribution in [1.29, 1.82) is 5.41 Å². The number of aryl methyl sites for hydroxylation is 1. The fourth-order valence-electron chi connectivity index (χ4n) is 3.48. The minimum Gasteiger partial charge on any atom is -0.444 e. The molecule has 2 aromatic carbocycles. The second-order valence-corrected chi connectivity index (χ2v) is 8.51. The Morgan fingerprint density at radius 3 is 2.63 bits per heavy atom. The van der Waals surface area contributed by atoms with E-state index in [1.165, 1.54) is 18.3 Å². The van der Waals surface area contributed by atoms with E-state index in [4.69, 9.17) is 10.1 Å². The molecular weight excluding hydrogens is 383 g/mol. The lowest BCUT2D eigenvalue weighted by molar-refractivity contribution is 0.0195. The third-order valence-corrected chi connectivity index (χ3v) is 4.92. The van der Waals surface area contributed by atoms with Crippen LogP contribution in [0, 0.1) is 18.2 Å². The zero-order valence-corrected chi connectivity index (χ0v) is 17.9. The molecule has 0 radical (unpaired) electrons. The summed E-state index contributed by atoms with van der Waals surface area (Å²) in [5.74, 6) is -0.294. The van der Waals surface area contributed by atoms with E-state index in [2.05, 4.69) is 10.6 Å². The number of hydrogen-bond donors (Lipinski definition) is 3. The van der Waals surface area contributed by atoms with Gasteiger partial charge in [0.1, 0.15) is 11.4 Å². The predicted molar refractivity (Wildman–Crippen MR) is 117 cm³/mol. The van der Waals surface area contributed by atoms with Crippen molar-refractivity contribution in [2.45, 2.75) is 39.3 Å². The first-order valence-electron chi connectivity index (χ1n) is 10.0. The first-order valence-corrected chi connectivity index (χ1v) is 10.0. The summed E-state index contributed by atoms with van der Waals surface area (Å²) in [6.07, 6.45) is 0.983. The topological polar surface area (TPSA) is 77.5 Å². The Kier molecular flexibility index (Phi) is 6.41. The zero-order valence-electron chi connectivity index (χ0n) is 17.9. The highest BCUT2D eigenvalue weighted by Crippen LogP contribution is 2.29. The highest BCUT2D eigenvalue weighted by molar-refractivity contribution is 5.88. The number of nitrogens with zero attached hydrogens (tertiary/aromatic N) is 1. The Morgan fingerprint density at radius 2 is 2.00 bits per heavy atom. The molecule has 1 unspecified atom stereocenters. The lowest BCUT2D eigenvalue weighted by Gasteiger charge is -2.35. The van der Waals surface area contributed by atoms with E-state index >= 15 is 0 Å². The van der Waals surface area contributed by atoms with Crippen molar-refractivity contribution in [3.63, 3.8) is 0 Å². The predicted octanol–water partition coefficient (Wildman–Crippen LogP) is 4.76. The number of nitrogens with one attached hydrogen (secondary N) is 3. The van der Waals surface area contributed by atoms with Crippen LogP contribution < -0.4 is 10.6 Å². The Morgan fingerprint density at radius 1 is 1.30 bits per heavy atom. The number of benzene rings is 2. The SMILES string of the molecule is Cc1cc(Nc2ccc(F)cc2)c(C=N)cc1C1CN(C(=O)OC(C)(C)C)CCN1. The summed E-state index contributed by atoms with van der Waals surface area (Å²) in [5.41, 5.74) is 3.78. The monoisotopic (exact) mass is 412 g/mol. The summed E-state index contributed by atoms with van der Waals surface area (Å²) in [4.78, 5) is 14.2. The first kappa shape index (κ1) is 21.8. The third kappa shape index (κ3) is 5.36. The van der Waals surface area contributed by atoms with Gasteiger partial charge in [0.2, 0.25) is 0 Å². The van der Waals surface area contributed by atoms with E-state index in [1.54, 1.807) is 17.0 Å². The van der Waals surface area contributed by atoms with Crippen molar-refractivity contribution < 1.29 is 13.9 Å². The van der Waals surface area contributed by atoms with Crippen LogP contribution in [0.4, 0.5) is 20.6 Å². The van der Waals surface area contributed by atoms with Gasteiger partial charge in [-0.05, 0) is 75.2 Å². The molecule has 0 aliphatic carbocycles. The molecule has 1 fully saturated rings. The standard InChI is InChI=1S/C23H29FN4O2/c1-15-11-20(27-18-7-5-17(24)6-8-18)16(13-25)12-19(15)21-14-28(10-9-26-21)22(29)30-23(2,3)4/h5-8,11-13,21,25-27H,9-10,14H2,1-4H3. The minimum absolute atomic E-state index is 0.0511. The van der Waals surface area contributed by atoms with Crippen molar-refractivity contribution >= 4 is 23.7 Å². The largest absolute Gasteiger partial charge is 0.444 e. The van der Waals surface area contributed by atoms with Crippen LogP contribution in [0.3, 0.4) is 0 Å². The maximum Gasteiger partial charge on any atom is 0.410 e. The maximum absolute atomic E-state index is 13.2. The number of rotatable bonds is 4. The molecule has 2 aromatic rings. The molecule has 0 bridgehead atoms. The van der Waals surface area contributed by atoms with Gasteiger partial charge < -0.3 is 25.7 Å². The van der Waals surface area contributed by atoms with Crippen LogP contribution >= 0.6 is 0 Å². The van der Waals surface area contributed by atoms with Crippen LogP contribution in [-0.4, -0.2) is 42.4 Å². The summed E-state index contributed by atoms with van der Waals surface area (Å²) in [7, 11) is 0. The highest BCUT2D eigenvalue weighted by atomic mass is 19.1. The van der Waals surface area contributed by atoms with Crippen molar-refractivity contribution in [3.05, 3.63) is 58.9 Å². The van der Waals surface area contributed by atoms with Crippen LogP contribution in [0.5, 0.6) is 0 Å². The lowest BCUT2D eigenvalue weighted by atomic mass is 9.95. The Balaban J connectivity index is 1.81. The van der Waals surface area contributed by atoms with E-state index in [9.17, 15) is 9.18 Å². The fraction of sp³-hybridized carbons (Fsp3) is 0.391. The zero-order chi connectivity index (χ0) is 21.9. The maximum atomic E-state index is 13.2. The van der Waals surface area contributed by atoms with Gasteiger partial charge in [-0.1, -0.05) is 0 Å². The average molecular weight is 413 g/mol. The van der Waals surface area contributed by atoms with Crippen molar-refractivity contribution in [2.24, 2.45) is 0 Å². The van der Waals surface area contributed by atoms with E-state index in [0.717, 1.165) is 28.1 Å². The molecule has 3 rings (SSSR count). The van der Waals surface area contributed by atoms with E-state index in [-0.39, 0.29) is 18.0 Å². The summed E-state index contributed by atoms with van der Waals surface area (Å²) < 4.78 is 18.7. The van der Waals surface area contributed by atoms with Crippen molar-refractivity contribution in [3.8, 4) is 0 Å². The molecule has 0 aromatic heterocycles. The van der Waals surface area contributed by atoms with Gasteiger partial charge in [-0.15, -0.1) is 0 Å². The number of carbonyl (C=O) groups excluding carboxylic acids is 1. The molecular formula is C23H29FN4O2. The third-order valence-electron chi connectivity index (χ3n) is 4.92. The van der Waals surface area contributed by atoms with Gasteiger partial charge in [0.15, 0.2) is 0 Å². The molecule has 160 valence electrons. The number of ether oxygens (including phenoxy) is 1. The Bertz CT molecular complexity index is 922. The molecule has 1 saturated heterocycles. The van der Waals surface area contributed by atoms with E-state index < -0.39 is 5.60 Å². The van der Waals surface area contributed by atoms with Crippen LogP contribution in [-0.2, 0) is 4.74 Å². The van der Waals surface area contributed by atoms with Crippen LogP contribution in [0.2, 0.25) is 0 Å². The van der Waals surface area contributed by atoms with Gasteiger partial charge in [-0.2, -0.15) is 0 Å². The molecule has 1 aliphatic rings. The average Bonchev–Trinajstić information content (AvgIpc) is 2.69. The van der Waals surface area contributed by atoms with Crippen LogP contribution in [0.25, 0.3) is 0 Å². The second kappa shape index (κ2) is 8.83. The molecule has 3 N–H and O–H groups in total. The van der Waals surface area contributed by atoms with E-state index in [0.29, 0.717) is 19.6 Å². The van der Waals surface area contributed by atoms with Crippen molar-refractivity contribution in [1.82, 2.24) is 10.2 Å². The van der Waals surface area contributed by atoms with E-state index in [1.807, 2.05) is 39.8 Å². The summed E-state index contributed by atoms with van der Waals surface area (Å²) in [6.45, 7) is 9.34. The summed E-state index contributed by atoms with van der Waals surface area (Å²) in [6, 6.07) is 10.00. The number of anilines is 2. The van der Waals surface area contributed by atoms with Gasteiger partial charge in [0.25, 0.3) is 0 Å². The van der Waals surface area contributed by atoms with Gasteiger partial charge in [-0.3, -0.25) is 0 Å². The number of carbonyl (C=O) groups is 1. The molecule has 6 nitrogen and oxygen atoms in total. The van der Waals surface area contributed by atoms with Crippen LogP contribution in [0.15, 0.2) is 36.4 Å². The number of piperazine rings is 1. The molecule has 0 spiro atoms. The molecule has 7 heteroatoms. The molecule has 1 heterocycles. The Labute approximate surface area is 176 Å². The fourth-order valence-corrected chi connectivity index (χ4v) is 3.48. The lowest BCUT2D eigenvalue weighted by Crippen LogP contribution is -2.49. The number of amides is 1. The number of halogens is 1. The summed E-state index contributed by atoms with van der Waals surface area (Å²) >= 11 is 0. The Hall–Kier alpha value is -2.93. The molecule has 1 aliphatic heterocycles. The molecule has 0 saturated carbocycles. The van der Waals surface area contributed by atoms with Crippen molar-refractivity contribution in [2.75, 3.05) is 25.0 Å². The van der Waals surface area contributed by atoms with Gasteiger partial charge in [0.05, 0.1) is 6.04 Å². The molecule has 30 heavy (non-hydrogen) atoms. The highest BCUT2D eigenvalue weighted by Gasteiger charge is 2.29. The molecule has 1 amide bonds. The normalized spacial score (nSPS) is 16.8. The van der Waals surface area contributed by atoms with Gasteiger partial charge in [0, 0.05) is 42.8 Å². The number of hydrogen-bond acceptors (Lipinski definition) is 5. The first-order chi connectivity index (χ1) is 14.2. The minimum atomic E-state index is -0.533. The van der Waals surface area contributed by atoms with Crippen LogP contribution in [0.1, 0.15) is 43.5 Å². The van der Waals surface area contributed by atoms with Gasteiger partial charge in [-0.25, -0.2) is 9.18 Å². The molecule has 1 atom stereocenters. The summed E-state index contributed by atoms with van der Waals surface area (Å²) in [5, 5.41) is 14.6. The van der Waals surface area contributed by atoms with Gasteiger partial charge >= 0.3 is 6.09 Å².